The summed E-state index contributed by atoms with van der Waals surface area (Å²) in [6.45, 7) is 4.03. The molecule has 0 unspecified atom stereocenters. The number of nitrogens with zero attached hydrogens (tertiary/aromatic N) is 1. The Hall–Kier alpha value is -2.56. The molecule has 3 rings (SSSR count). The van der Waals surface area contributed by atoms with Crippen molar-refractivity contribution in [3.8, 4) is 0 Å². The van der Waals surface area contributed by atoms with Gasteiger partial charge in [0.25, 0.3) is 6.01 Å². The smallest absolute Gasteiger partial charge is 0.295 e. The fourth-order valence-electron chi connectivity index (χ4n) is 2.34. The van der Waals surface area contributed by atoms with Gasteiger partial charge in [0.2, 0.25) is 0 Å². The van der Waals surface area contributed by atoms with E-state index in [0.29, 0.717) is 40.5 Å². The van der Waals surface area contributed by atoms with Crippen molar-refractivity contribution in [3.63, 3.8) is 0 Å². The van der Waals surface area contributed by atoms with Crippen molar-refractivity contribution in [1.82, 2.24) is 4.98 Å². The molecule has 0 bridgehead atoms. The van der Waals surface area contributed by atoms with Gasteiger partial charge < -0.3 is 15.5 Å². The standard InChI is InChI=1S/C16H16FN3O/c1-9-5-11(6-10(2)15(9)17)8-19-16-20-13-7-12(18)3-4-14(13)21-16/h3-7H,8,18H2,1-2H3,(H,19,20). The molecule has 0 spiro atoms. The third kappa shape index (κ3) is 2.67. The lowest BCUT2D eigenvalue weighted by molar-refractivity contribution is 0.606. The number of aryl methyl sites for hydroxylation is 2. The first-order chi connectivity index (χ1) is 10.0. The number of hydrogen-bond acceptors (Lipinski definition) is 4. The minimum absolute atomic E-state index is 0.156. The average Bonchev–Trinajstić information content (AvgIpc) is 2.84. The molecule has 0 aliphatic carbocycles. The Kier molecular flexibility index (Phi) is 3.25. The number of hydrogen-bond donors (Lipinski definition) is 2. The zero-order chi connectivity index (χ0) is 15.0. The van der Waals surface area contributed by atoms with Gasteiger partial charge in [-0.2, -0.15) is 4.98 Å². The zero-order valence-electron chi connectivity index (χ0n) is 11.9. The normalized spacial score (nSPS) is 11.0. The van der Waals surface area contributed by atoms with E-state index >= 15 is 0 Å². The number of aromatic nitrogens is 1. The molecule has 0 aliphatic heterocycles. The highest BCUT2D eigenvalue weighted by Crippen LogP contribution is 2.22. The Morgan fingerprint density at radius 3 is 2.62 bits per heavy atom. The van der Waals surface area contributed by atoms with E-state index in [0.717, 1.165) is 5.56 Å². The minimum atomic E-state index is -0.156. The first kappa shape index (κ1) is 13.4. The number of fused-ring (bicyclic) bond motifs is 1. The third-order valence-corrected chi connectivity index (χ3v) is 3.35. The van der Waals surface area contributed by atoms with Gasteiger partial charge in [0, 0.05) is 12.2 Å². The van der Waals surface area contributed by atoms with Gasteiger partial charge >= 0.3 is 0 Å². The Labute approximate surface area is 121 Å². The molecule has 21 heavy (non-hydrogen) atoms. The molecule has 4 nitrogen and oxygen atoms in total. The van der Waals surface area contributed by atoms with Gasteiger partial charge in [0.05, 0.1) is 0 Å². The average molecular weight is 285 g/mol. The van der Waals surface area contributed by atoms with Crippen molar-refractivity contribution in [1.29, 1.82) is 0 Å². The Morgan fingerprint density at radius 2 is 1.90 bits per heavy atom. The molecule has 2 aromatic carbocycles. The minimum Gasteiger partial charge on any atom is -0.424 e. The second kappa shape index (κ2) is 5.09. The second-order valence-corrected chi connectivity index (χ2v) is 5.14. The van der Waals surface area contributed by atoms with Crippen molar-refractivity contribution in [2.45, 2.75) is 20.4 Å². The molecule has 1 heterocycles. The summed E-state index contributed by atoms with van der Waals surface area (Å²) in [5.41, 5.74) is 10.00. The van der Waals surface area contributed by atoms with Gasteiger partial charge in [-0.1, -0.05) is 12.1 Å². The Bertz CT molecular complexity index is 787. The number of nitrogens with one attached hydrogen (secondary N) is 1. The third-order valence-electron chi connectivity index (χ3n) is 3.35. The number of rotatable bonds is 3. The van der Waals surface area contributed by atoms with Crippen molar-refractivity contribution in [2.24, 2.45) is 0 Å². The van der Waals surface area contributed by atoms with E-state index in [-0.39, 0.29) is 5.82 Å². The van der Waals surface area contributed by atoms with Crippen molar-refractivity contribution >= 4 is 22.8 Å². The maximum atomic E-state index is 13.6. The predicted molar refractivity (Wildman–Crippen MR) is 81.6 cm³/mol. The molecule has 0 radical (unpaired) electrons. The van der Waals surface area contributed by atoms with E-state index < -0.39 is 0 Å². The van der Waals surface area contributed by atoms with Crippen LogP contribution in [0.5, 0.6) is 0 Å². The van der Waals surface area contributed by atoms with E-state index in [1.165, 1.54) is 0 Å². The van der Waals surface area contributed by atoms with E-state index in [2.05, 4.69) is 10.3 Å². The fourth-order valence-corrected chi connectivity index (χ4v) is 2.34. The summed E-state index contributed by atoms with van der Waals surface area (Å²) >= 11 is 0. The molecule has 108 valence electrons. The van der Waals surface area contributed by atoms with Crippen LogP contribution in [0.3, 0.4) is 0 Å². The van der Waals surface area contributed by atoms with Crippen LogP contribution in [0, 0.1) is 19.7 Å². The van der Waals surface area contributed by atoms with Crippen molar-refractivity contribution in [2.75, 3.05) is 11.1 Å². The van der Waals surface area contributed by atoms with Gasteiger partial charge in [0.15, 0.2) is 5.58 Å². The van der Waals surface area contributed by atoms with Crippen LogP contribution in [0.2, 0.25) is 0 Å². The molecule has 5 heteroatoms. The van der Waals surface area contributed by atoms with E-state index in [1.54, 1.807) is 32.0 Å². The molecule has 0 saturated heterocycles. The summed E-state index contributed by atoms with van der Waals surface area (Å²) in [4.78, 5) is 4.32. The topological polar surface area (TPSA) is 64.1 Å². The van der Waals surface area contributed by atoms with Crippen LogP contribution in [-0.4, -0.2) is 4.98 Å². The molecule has 1 aromatic heterocycles. The second-order valence-electron chi connectivity index (χ2n) is 5.14. The summed E-state index contributed by atoms with van der Waals surface area (Å²) in [6.07, 6.45) is 0. The van der Waals surface area contributed by atoms with Crippen LogP contribution < -0.4 is 11.1 Å². The highest BCUT2D eigenvalue weighted by Gasteiger charge is 2.07. The lowest BCUT2D eigenvalue weighted by Crippen LogP contribution is -2.01. The van der Waals surface area contributed by atoms with Crippen LogP contribution >= 0.6 is 0 Å². The molecule has 3 aromatic rings. The highest BCUT2D eigenvalue weighted by atomic mass is 19.1. The molecule has 3 N–H and O–H groups in total. The van der Waals surface area contributed by atoms with Gasteiger partial charge in [-0.3, -0.25) is 0 Å². The van der Waals surface area contributed by atoms with E-state index in [9.17, 15) is 4.39 Å². The van der Waals surface area contributed by atoms with Crippen LogP contribution in [0.4, 0.5) is 16.1 Å². The lowest BCUT2D eigenvalue weighted by Gasteiger charge is -2.07. The summed E-state index contributed by atoms with van der Waals surface area (Å²) in [6, 6.07) is 9.37. The van der Waals surface area contributed by atoms with Crippen molar-refractivity contribution in [3.05, 3.63) is 52.8 Å². The molecule has 0 amide bonds. The van der Waals surface area contributed by atoms with Crippen LogP contribution in [0.25, 0.3) is 11.1 Å². The summed E-state index contributed by atoms with van der Waals surface area (Å²) < 4.78 is 19.2. The monoisotopic (exact) mass is 285 g/mol. The van der Waals surface area contributed by atoms with E-state index in [4.69, 9.17) is 10.2 Å². The first-order valence-corrected chi connectivity index (χ1v) is 6.68. The zero-order valence-corrected chi connectivity index (χ0v) is 11.9. The molecular formula is C16H16FN3O. The van der Waals surface area contributed by atoms with Crippen LogP contribution in [-0.2, 0) is 6.54 Å². The quantitative estimate of drug-likeness (QED) is 0.719. The molecule has 0 fully saturated rings. The predicted octanol–water partition coefficient (Wildman–Crippen LogP) is 3.78. The Morgan fingerprint density at radius 1 is 1.19 bits per heavy atom. The van der Waals surface area contributed by atoms with Gasteiger partial charge in [0.1, 0.15) is 11.3 Å². The first-order valence-electron chi connectivity index (χ1n) is 6.68. The molecular weight excluding hydrogens is 269 g/mol. The van der Waals surface area contributed by atoms with E-state index in [1.807, 2.05) is 12.1 Å². The molecule has 0 atom stereocenters. The SMILES string of the molecule is Cc1cc(CNc2nc3cc(N)ccc3o2)cc(C)c1F. The number of nitrogen functional groups attached to an aromatic ring is 1. The van der Waals surface area contributed by atoms with Crippen molar-refractivity contribution < 1.29 is 8.81 Å². The lowest BCUT2D eigenvalue weighted by atomic mass is 10.1. The summed E-state index contributed by atoms with van der Waals surface area (Å²) in [5.74, 6) is -0.156. The van der Waals surface area contributed by atoms with Gasteiger partial charge in [-0.05, 0) is 48.7 Å². The highest BCUT2D eigenvalue weighted by molar-refractivity contribution is 5.78. The Balaban J connectivity index is 1.80. The maximum Gasteiger partial charge on any atom is 0.295 e. The van der Waals surface area contributed by atoms with Crippen LogP contribution in [0.1, 0.15) is 16.7 Å². The number of halogens is 1. The number of nitrogens with two attached hydrogens (primary N) is 1. The largest absolute Gasteiger partial charge is 0.424 e. The van der Waals surface area contributed by atoms with Gasteiger partial charge in [-0.15, -0.1) is 0 Å². The summed E-state index contributed by atoms with van der Waals surface area (Å²) in [7, 11) is 0. The van der Waals surface area contributed by atoms with Crippen LogP contribution in [0.15, 0.2) is 34.7 Å². The number of anilines is 2. The molecule has 0 saturated carbocycles. The number of benzene rings is 2. The number of oxazole rings is 1. The maximum absolute atomic E-state index is 13.6. The molecule has 0 aliphatic rings. The fraction of sp³-hybridized carbons (Fsp3) is 0.188. The van der Waals surface area contributed by atoms with Gasteiger partial charge in [-0.25, -0.2) is 4.39 Å². The summed E-state index contributed by atoms with van der Waals surface area (Å²) in [5, 5.41) is 3.10.